The molecule has 0 fully saturated rings. The molecule has 1 aromatic heterocycles. The zero-order valence-electron chi connectivity index (χ0n) is 6.69. The summed E-state index contributed by atoms with van der Waals surface area (Å²) in [6.07, 6.45) is 2.30. The summed E-state index contributed by atoms with van der Waals surface area (Å²) in [6, 6.07) is 11.3. The number of nitrogens with zero attached hydrogens (tertiary/aromatic N) is 2. The number of benzene rings is 1. The molecule has 3 nitrogen and oxygen atoms in total. The van der Waals surface area contributed by atoms with E-state index in [2.05, 4.69) is 11.4 Å². The molecular weight excluding hydrogens is 164 g/mol. The molecule has 13 heavy (non-hydrogen) atoms. The summed E-state index contributed by atoms with van der Waals surface area (Å²) in [6.45, 7) is 0. The molecule has 0 saturated heterocycles. The van der Waals surface area contributed by atoms with Crippen LogP contribution >= 0.6 is 0 Å². The molecule has 0 aliphatic rings. The van der Waals surface area contributed by atoms with E-state index in [1.165, 1.54) is 0 Å². The molecule has 0 aliphatic carbocycles. The van der Waals surface area contributed by atoms with Crippen LogP contribution in [0.3, 0.4) is 0 Å². The maximum absolute atomic E-state index is 8.66. The van der Waals surface area contributed by atoms with Crippen molar-refractivity contribution in [1.29, 1.82) is 5.26 Å². The molecule has 3 heteroatoms. The van der Waals surface area contributed by atoms with Crippen molar-refractivity contribution in [2.75, 3.05) is 0 Å². The minimum atomic E-state index is 0.200. The van der Waals surface area contributed by atoms with Crippen molar-refractivity contribution in [3.05, 3.63) is 42.5 Å². The van der Waals surface area contributed by atoms with E-state index in [0.717, 1.165) is 5.56 Å². The Hall–Kier alpha value is -2.08. The molecule has 1 heterocycles. The fraction of sp³-hybridized carbons (Fsp3) is 0. The number of oxazole rings is 1. The number of hydrogen-bond donors (Lipinski definition) is 0. The first-order chi connectivity index (χ1) is 6.42. The highest BCUT2D eigenvalue weighted by Gasteiger charge is 2.08. The molecule has 61 valence electrons. The third-order valence-corrected chi connectivity index (χ3v) is 1.67. The zero-order valence-corrected chi connectivity index (χ0v) is 6.69. The molecule has 2 rings (SSSR count). The Kier molecular flexibility index (Phi) is 1.81. The fourth-order valence-electron chi connectivity index (χ4n) is 1.08. The van der Waals surface area contributed by atoms with E-state index in [1.807, 2.05) is 36.4 Å². The van der Waals surface area contributed by atoms with Crippen molar-refractivity contribution < 1.29 is 4.42 Å². The van der Waals surface area contributed by atoms with Crippen molar-refractivity contribution in [2.45, 2.75) is 0 Å². The smallest absolute Gasteiger partial charge is 0.285 e. The Morgan fingerprint density at radius 3 is 2.77 bits per heavy atom. The van der Waals surface area contributed by atoms with Gasteiger partial charge in [-0.05, 0) is 0 Å². The van der Waals surface area contributed by atoms with Gasteiger partial charge in [0, 0.05) is 5.56 Å². The lowest BCUT2D eigenvalue weighted by Gasteiger charge is -1.93. The standard InChI is InChI=1S/C10H5N2O/c11-6-9-10(12-7-13-9)8-4-2-1-3-5-8/h1-5H. The first-order valence-corrected chi connectivity index (χ1v) is 3.74. The summed E-state index contributed by atoms with van der Waals surface area (Å²) in [5.41, 5.74) is 1.41. The minimum absolute atomic E-state index is 0.200. The molecule has 0 bridgehead atoms. The molecule has 0 amide bonds. The topological polar surface area (TPSA) is 49.8 Å². The monoisotopic (exact) mass is 169 g/mol. The fourth-order valence-corrected chi connectivity index (χ4v) is 1.08. The first-order valence-electron chi connectivity index (χ1n) is 3.74. The highest BCUT2D eigenvalue weighted by Crippen LogP contribution is 2.20. The lowest BCUT2D eigenvalue weighted by Crippen LogP contribution is -1.79. The minimum Gasteiger partial charge on any atom is -0.421 e. The summed E-state index contributed by atoms with van der Waals surface area (Å²) >= 11 is 0. The second-order valence-electron chi connectivity index (χ2n) is 2.46. The molecule has 0 saturated carbocycles. The number of aromatic nitrogens is 1. The van der Waals surface area contributed by atoms with Gasteiger partial charge in [-0.2, -0.15) is 5.26 Å². The van der Waals surface area contributed by atoms with Crippen LogP contribution in [-0.2, 0) is 0 Å². The second kappa shape index (κ2) is 3.11. The molecule has 0 aliphatic heterocycles. The van der Waals surface area contributed by atoms with Crippen LogP contribution in [0.25, 0.3) is 11.3 Å². The predicted octanol–water partition coefficient (Wildman–Crippen LogP) is 2.01. The Balaban J connectivity index is 2.54. The van der Waals surface area contributed by atoms with Crippen LogP contribution in [0.2, 0.25) is 0 Å². The maximum atomic E-state index is 8.66. The number of rotatable bonds is 1. The highest BCUT2D eigenvalue weighted by molar-refractivity contribution is 5.63. The van der Waals surface area contributed by atoms with Crippen molar-refractivity contribution in [3.63, 3.8) is 0 Å². The predicted molar refractivity (Wildman–Crippen MR) is 45.5 cm³/mol. The van der Waals surface area contributed by atoms with Crippen molar-refractivity contribution in [3.8, 4) is 17.3 Å². The van der Waals surface area contributed by atoms with Crippen molar-refractivity contribution in [2.24, 2.45) is 0 Å². The maximum Gasteiger partial charge on any atom is 0.285 e. The number of nitriles is 1. The molecule has 0 spiro atoms. The first kappa shape index (κ1) is 7.56. The molecule has 1 radical (unpaired) electrons. The van der Waals surface area contributed by atoms with E-state index in [1.54, 1.807) is 0 Å². The second-order valence-corrected chi connectivity index (χ2v) is 2.46. The summed E-state index contributed by atoms with van der Waals surface area (Å²) in [7, 11) is 0. The average molecular weight is 169 g/mol. The molecule has 0 atom stereocenters. The highest BCUT2D eigenvalue weighted by atomic mass is 16.3. The Bertz CT molecular complexity index is 439. The molecular formula is C10H5N2O. The summed E-state index contributed by atoms with van der Waals surface area (Å²) in [5.74, 6) is 0.200. The van der Waals surface area contributed by atoms with Crippen LogP contribution in [0.5, 0.6) is 0 Å². The molecule has 0 N–H and O–H groups in total. The summed E-state index contributed by atoms with van der Waals surface area (Å²) < 4.78 is 4.77. The van der Waals surface area contributed by atoms with Gasteiger partial charge in [0.15, 0.2) is 0 Å². The van der Waals surface area contributed by atoms with Crippen LogP contribution in [0.1, 0.15) is 5.76 Å². The van der Waals surface area contributed by atoms with Crippen molar-refractivity contribution >= 4 is 0 Å². The van der Waals surface area contributed by atoms with E-state index in [-0.39, 0.29) is 5.76 Å². The van der Waals surface area contributed by atoms with Gasteiger partial charge >= 0.3 is 0 Å². The zero-order chi connectivity index (χ0) is 9.10. The molecule has 0 unspecified atom stereocenters. The Labute approximate surface area is 75.3 Å². The average Bonchev–Trinajstić information content (AvgIpc) is 2.67. The third-order valence-electron chi connectivity index (χ3n) is 1.67. The van der Waals surface area contributed by atoms with Gasteiger partial charge in [-0.3, -0.25) is 0 Å². The van der Waals surface area contributed by atoms with Gasteiger partial charge in [-0.15, -0.1) is 0 Å². The molecule has 1 aromatic carbocycles. The van der Waals surface area contributed by atoms with Crippen molar-refractivity contribution in [1.82, 2.24) is 4.98 Å². The van der Waals surface area contributed by atoms with E-state index in [9.17, 15) is 0 Å². The quantitative estimate of drug-likeness (QED) is 0.656. The Morgan fingerprint density at radius 1 is 1.31 bits per heavy atom. The van der Waals surface area contributed by atoms with Gasteiger partial charge in [-0.25, -0.2) is 4.98 Å². The van der Waals surface area contributed by atoms with E-state index >= 15 is 0 Å². The Morgan fingerprint density at radius 2 is 2.08 bits per heavy atom. The SMILES string of the molecule is N#Cc1o[c]nc1-c1ccccc1. The van der Waals surface area contributed by atoms with Crippen LogP contribution in [-0.4, -0.2) is 4.98 Å². The van der Waals surface area contributed by atoms with Gasteiger partial charge in [0.1, 0.15) is 11.8 Å². The van der Waals surface area contributed by atoms with E-state index in [4.69, 9.17) is 9.68 Å². The van der Waals surface area contributed by atoms with Gasteiger partial charge in [0.25, 0.3) is 6.39 Å². The van der Waals surface area contributed by atoms with Crippen LogP contribution in [0, 0.1) is 17.7 Å². The lowest BCUT2D eigenvalue weighted by molar-refractivity contribution is 0.535. The van der Waals surface area contributed by atoms with Crippen LogP contribution in [0.15, 0.2) is 34.7 Å². The van der Waals surface area contributed by atoms with Gasteiger partial charge in [0.05, 0.1) is 0 Å². The third kappa shape index (κ3) is 1.30. The van der Waals surface area contributed by atoms with Crippen LogP contribution < -0.4 is 0 Å². The summed E-state index contributed by atoms with van der Waals surface area (Å²) in [4.78, 5) is 3.84. The largest absolute Gasteiger partial charge is 0.421 e. The normalized spacial score (nSPS) is 9.46. The van der Waals surface area contributed by atoms with E-state index < -0.39 is 0 Å². The van der Waals surface area contributed by atoms with E-state index in [0.29, 0.717) is 5.69 Å². The van der Waals surface area contributed by atoms with Gasteiger partial charge in [-0.1, -0.05) is 30.3 Å². The lowest BCUT2D eigenvalue weighted by atomic mass is 10.1. The van der Waals surface area contributed by atoms with Crippen LogP contribution in [0.4, 0.5) is 0 Å². The number of hydrogen-bond acceptors (Lipinski definition) is 3. The molecule has 2 aromatic rings. The summed E-state index contributed by atoms with van der Waals surface area (Å²) in [5, 5.41) is 8.66. The van der Waals surface area contributed by atoms with Gasteiger partial charge < -0.3 is 4.42 Å². The van der Waals surface area contributed by atoms with Gasteiger partial charge in [0.2, 0.25) is 5.76 Å².